The lowest BCUT2D eigenvalue weighted by Crippen LogP contribution is -1.98. The number of rotatable bonds is 2. The van der Waals surface area contributed by atoms with Crippen LogP contribution in [0.3, 0.4) is 0 Å². The third-order valence-electron chi connectivity index (χ3n) is 2.83. The lowest BCUT2D eigenvalue weighted by molar-refractivity contribution is 0.779. The molecule has 0 unspecified atom stereocenters. The summed E-state index contributed by atoms with van der Waals surface area (Å²) in [6, 6.07) is 7.92. The van der Waals surface area contributed by atoms with Crippen molar-refractivity contribution in [2.75, 3.05) is 5.73 Å². The van der Waals surface area contributed by atoms with Crippen LogP contribution in [0, 0.1) is 0 Å². The highest BCUT2D eigenvalue weighted by Gasteiger charge is 2.08. The van der Waals surface area contributed by atoms with Crippen molar-refractivity contribution in [1.29, 1.82) is 0 Å². The molecule has 90 valence electrons. The van der Waals surface area contributed by atoms with Crippen LogP contribution in [0.25, 0.3) is 16.8 Å². The van der Waals surface area contributed by atoms with E-state index < -0.39 is 0 Å². The van der Waals surface area contributed by atoms with Gasteiger partial charge in [0.1, 0.15) is 5.82 Å². The van der Waals surface area contributed by atoms with Gasteiger partial charge in [0.25, 0.3) is 0 Å². The van der Waals surface area contributed by atoms with E-state index in [0.29, 0.717) is 5.82 Å². The maximum atomic E-state index is 5.97. The summed E-state index contributed by atoms with van der Waals surface area (Å²) in [5.74, 6) is 0.644. The molecule has 0 saturated carbocycles. The van der Waals surface area contributed by atoms with E-state index in [4.69, 9.17) is 5.73 Å². The van der Waals surface area contributed by atoms with E-state index in [1.165, 1.54) is 0 Å². The molecule has 0 bridgehead atoms. The molecule has 0 fully saturated rings. The first-order chi connectivity index (χ1) is 8.75. The first-order valence-corrected chi connectivity index (χ1v) is 5.50. The molecule has 0 aliphatic heterocycles. The van der Waals surface area contributed by atoms with E-state index in [9.17, 15) is 0 Å². The van der Waals surface area contributed by atoms with Crippen molar-refractivity contribution in [3.8, 4) is 16.8 Å². The lowest BCUT2D eigenvalue weighted by Gasteiger charge is -2.04. The standard InChI is InChI=1S/C12H12N6/c1-17-12(13)11(8-15-17)9-3-2-4-10(7-9)18-6-5-14-16-18/h2-8H,13H2,1H3. The molecule has 0 aliphatic rings. The van der Waals surface area contributed by atoms with E-state index >= 15 is 0 Å². The van der Waals surface area contributed by atoms with E-state index in [-0.39, 0.29) is 0 Å². The molecular formula is C12H12N6. The van der Waals surface area contributed by atoms with Crippen molar-refractivity contribution in [3.63, 3.8) is 0 Å². The summed E-state index contributed by atoms with van der Waals surface area (Å²) in [4.78, 5) is 0. The number of aromatic nitrogens is 5. The van der Waals surface area contributed by atoms with Gasteiger partial charge in [-0.25, -0.2) is 4.68 Å². The molecule has 1 aromatic carbocycles. The number of benzene rings is 1. The second-order valence-electron chi connectivity index (χ2n) is 3.97. The van der Waals surface area contributed by atoms with E-state index in [1.54, 1.807) is 28.0 Å². The molecule has 0 aliphatic carbocycles. The van der Waals surface area contributed by atoms with Gasteiger partial charge in [-0.2, -0.15) is 5.10 Å². The van der Waals surface area contributed by atoms with Crippen LogP contribution in [0.1, 0.15) is 0 Å². The van der Waals surface area contributed by atoms with Crippen LogP contribution in [-0.4, -0.2) is 24.8 Å². The van der Waals surface area contributed by atoms with Crippen molar-refractivity contribution in [2.24, 2.45) is 7.05 Å². The molecule has 0 spiro atoms. The maximum absolute atomic E-state index is 5.97. The largest absolute Gasteiger partial charge is 0.383 e. The fraction of sp³-hybridized carbons (Fsp3) is 0.0833. The van der Waals surface area contributed by atoms with Crippen LogP contribution in [0.5, 0.6) is 0 Å². The third kappa shape index (κ3) is 1.64. The molecule has 3 rings (SSSR count). The highest BCUT2D eigenvalue weighted by Crippen LogP contribution is 2.26. The Kier molecular flexibility index (Phi) is 2.33. The van der Waals surface area contributed by atoms with E-state index in [2.05, 4.69) is 15.4 Å². The summed E-state index contributed by atoms with van der Waals surface area (Å²) in [6.07, 6.45) is 5.20. The minimum absolute atomic E-state index is 0.644. The fourth-order valence-electron chi connectivity index (χ4n) is 1.83. The Bertz CT molecular complexity index is 668. The van der Waals surface area contributed by atoms with Gasteiger partial charge >= 0.3 is 0 Å². The van der Waals surface area contributed by atoms with Crippen molar-refractivity contribution < 1.29 is 0 Å². The van der Waals surface area contributed by atoms with Gasteiger partial charge in [0.05, 0.1) is 24.3 Å². The van der Waals surface area contributed by atoms with Crippen LogP contribution in [0.2, 0.25) is 0 Å². The zero-order valence-corrected chi connectivity index (χ0v) is 9.85. The summed E-state index contributed by atoms with van der Waals surface area (Å²) >= 11 is 0. The average molecular weight is 240 g/mol. The topological polar surface area (TPSA) is 74.5 Å². The van der Waals surface area contributed by atoms with Crippen molar-refractivity contribution in [2.45, 2.75) is 0 Å². The highest BCUT2D eigenvalue weighted by molar-refractivity contribution is 5.74. The monoisotopic (exact) mass is 240 g/mol. The summed E-state index contributed by atoms with van der Waals surface area (Å²) < 4.78 is 3.35. The molecule has 2 heterocycles. The second-order valence-corrected chi connectivity index (χ2v) is 3.97. The molecule has 6 nitrogen and oxygen atoms in total. The maximum Gasteiger partial charge on any atom is 0.129 e. The van der Waals surface area contributed by atoms with Gasteiger partial charge in [-0.3, -0.25) is 4.68 Å². The zero-order chi connectivity index (χ0) is 12.5. The molecule has 3 aromatic rings. The Balaban J connectivity index is 2.09. The fourth-order valence-corrected chi connectivity index (χ4v) is 1.83. The molecule has 6 heteroatoms. The van der Waals surface area contributed by atoms with Crippen LogP contribution in [0.4, 0.5) is 5.82 Å². The molecule has 2 aromatic heterocycles. The molecular weight excluding hydrogens is 228 g/mol. The SMILES string of the molecule is Cn1ncc(-c2cccc(-n3ccnn3)c2)c1N. The Labute approximate surface area is 104 Å². The first-order valence-electron chi connectivity index (χ1n) is 5.50. The van der Waals surface area contributed by atoms with Crippen molar-refractivity contribution in [1.82, 2.24) is 24.8 Å². The summed E-state index contributed by atoms with van der Waals surface area (Å²) in [5, 5.41) is 11.9. The predicted octanol–water partition coefficient (Wildman–Crippen LogP) is 1.25. The number of hydrogen-bond acceptors (Lipinski definition) is 4. The normalized spacial score (nSPS) is 10.7. The Morgan fingerprint density at radius 2 is 2.17 bits per heavy atom. The molecule has 0 radical (unpaired) electrons. The summed E-state index contributed by atoms with van der Waals surface area (Å²) in [6.45, 7) is 0. The van der Waals surface area contributed by atoms with Crippen LogP contribution in [-0.2, 0) is 7.05 Å². The van der Waals surface area contributed by atoms with Crippen LogP contribution in [0.15, 0.2) is 42.9 Å². The van der Waals surface area contributed by atoms with Gasteiger partial charge in [-0.05, 0) is 17.7 Å². The number of aryl methyl sites for hydroxylation is 1. The lowest BCUT2D eigenvalue weighted by atomic mass is 10.1. The highest BCUT2D eigenvalue weighted by atomic mass is 15.4. The average Bonchev–Trinajstić information content (AvgIpc) is 3.02. The molecule has 0 saturated heterocycles. The van der Waals surface area contributed by atoms with Gasteiger partial charge in [0, 0.05) is 12.6 Å². The Morgan fingerprint density at radius 1 is 1.28 bits per heavy atom. The summed E-state index contributed by atoms with van der Waals surface area (Å²) in [7, 11) is 1.82. The third-order valence-corrected chi connectivity index (χ3v) is 2.83. The summed E-state index contributed by atoms with van der Waals surface area (Å²) in [5.41, 5.74) is 8.83. The van der Waals surface area contributed by atoms with Gasteiger partial charge in [-0.15, -0.1) is 5.10 Å². The Morgan fingerprint density at radius 3 is 2.83 bits per heavy atom. The number of nitrogen functional groups attached to an aromatic ring is 1. The molecule has 0 atom stereocenters. The first kappa shape index (κ1) is 10.5. The molecule has 18 heavy (non-hydrogen) atoms. The van der Waals surface area contributed by atoms with E-state index in [1.807, 2.05) is 31.3 Å². The zero-order valence-electron chi connectivity index (χ0n) is 9.85. The molecule has 0 amide bonds. The van der Waals surface area contributed by atoms with Gasteiger partial charge < -0.3 is 5.73 Å². The predicted molar refractivity (Wildman–Crippen MR) is 68.0 cm³/mol. The van der Waals surface area contributed by atoms with Crippen LogP contribution >= 0.6 is 0 Å². The van der Waals surface area contributed by atoms with Gasteiger partial charge in [0.15, 0.2) is 0 Å². The number of nitrogens with two attached hydrogens (primary N) is 1. The van der Waals surface area contributed by atoms with E-state index in [0.717, 1.165) is 16.8 Å². The second kappa shape index (κ2) is 3.99. The van der Waals surface area contributed by atoms with Gasteiger partial charge in [0.2, 0.25) is 0 Å². The number of anilines is 1. The van der Waals surface area contributed by atoms with Gasteiger partial charge in [-0.1, -0.05) is 17.3 Å². The van der Waals surface area contributed by atoms with Crippen molar-refractivity contribution in [3.05, 3.63) is 42.9 Å². The van der Waals surface area contributed by atoms with Crippen LogP contribution < -0.4 is 5.73 Å². The quantitative estimate of drug-likeness (QED) is 0.731. The number of hydrogen-bond donors (Lipinski definition) is 1. The number of nitrogens with zero attached hydrogens (tertiary/aromatic N) is 5. The minimum atomic E-state index is 0.644. The molecule has 2 N–H and O–H groups in total. The van der Waals surface area contributed by atoms with Crippen molar-refractivity contribution >= 4 is 5.82 Å². The minimum Gasteiger partial charge on any atom is -0.383 e. The smallest absolute Gasteiger partial charge is 0.129 e. The Hall–Kier alpha value is -2.63.